The smallest absolute Gasteiger partial charge is 0.345 e. The van der Waals surface area contributed by atoms with Crippen molar-refractivity contribution in [3.63, 3.8) is 0 Å². The molecule has 26 heavy (non-hydrogen) atoms. The number of carbonyl (C=O) groups excluding carboxylic acids is 1. The zero-order valence-electron chi connectivity index (χ0n) is 13.2. The molecule has 3 aromatic rings. The van der Waals surface area contributed by atoms with Crippen LogP contribution in [0.1, 0.15) is 17.0 Å². The number of hydrogen-bond donors (Lipinski definition) is 1. The quantitative estimate of drug-likeness (QED) is 0.647. The molecule has 0 saturated carbocycles. The Bertz CT molecular complexity index is 982. The van der Waals surface area contributed by atoms with Crippen LogP contribution >= 0.6 is 15.9 Å². The van der Waals surface area contributed by atoms with Gasteiger partial charge in [0.05, 0.1) is 12.1 Å². The minimum atomic E-state index is -4.47. The maximum atomic E-state index is 12.8. The van der Waals surface area contributed by atoms with Crippen LogP contribution in [0.2, 0.25) is 0 Å². The highest BCUT2D eigenvalue weighted by atomic mass is 79.9. The van der Waals surface area contributed by atoms with Crippen molar-refractivity contribution in [1.82, 2.24) is 19.9 Å². The molecule has 0 aliphatic heterocycles. The third-order valence-electron chi connectivity index (χ3n) is 3.50. The third-order valence-corrected chi connectivity index (χ3v) is 3.99. The summed E-state index contributed by atoms with van der Waals surface area (Å²) in [6, 6.07) is 9.54. The zero-order valence-corrected chi connectivity index (χ0v) is 14.8. The fourth-order valence-corrected chi connectivity index (χ4v) is 2.65. The molecule has 3 rings (SSSR count). The maximum Gasteiger partial charge on any atom is 0.417 e. The second-order valence-electron chi connectivity index (χ2n) is 5.37. The van der Waals surface area contributed by atoms with Gasteiger partial charge in [0, 0.05) is 16.7 Å². The molecule has 0 radical (unpaired) electrons. The number of amides is 1. The first-order valence-electron chi connectivity index (χ1n) is 7.45. The number of alkyl halides is 3. The van der Waals surface area contributed by atoms with Gasteiger partial charge in [0.1, 0.15) is 0 Å². The molecule has 0 bridgehead atoms. The molecule has 2 heterocycles. The molecule has 9 heteroatoms. The molecule has 0 spiro atoms. The number of rotatable bonds is 4. The van der Waals surface area contributed by atoms with E-state index in [1.165, 1.54) is 16.5 Å². The summed E-state index contributed by atoms with van der Waals surface area (Å²) in [7, 11) is 0. The first-order valence-corrected chi connectivity index (χ1v) is 8.24. The molecule has 134 valence electrons. The van der Waals surface area contributed by atoms with Crippen molar-refractivity contribution >= 4 is 33.6 Å². The summed E-state index contributed by atoms with van der Waals surface area (Å²) >= 11 is 3.34. The molecule has 0 atom stereocenters. The first kappa shape index (κ1) is 18.1. The van der Waals surface area contributed by atoms with Crippen molar-refractivity contribution in [2.45, 2.75) is 12.7 Å². The van der Waals surface area contributed by atoms with Crippen LogP contribution < -0.4 is 5.32 Å². The fraction of sp³-hybridized carbons (Fsp3) is 0.118. The standard InChI is InChI=1S/C17H12BrF3N4O/c18-13-3-1-2-11(8-13)4-7-16(26)22-9-15-24-23-14-6-5-12(10-25(14)15)17(19,20)21/h1-8,10H,9H2,(H,22,26)/b7-4+. The highest BCUT2D eigenvalue weighted by Gasteiger charge is 2.31. The molecule has 0 unspecified atom stereocenters. The van der Waals surface area contributed by atoms with Crippen LogP contribution in [0.4, 0.5) is 13.2 Å². The Balaban J connectivity index is 1.70. The summed E-state index contributed by atoms with van der Waals surface area (Å²) in [6.45, 7) is -0.0515. The fourth-order valence-electron chi connectivity index (χ4n) is 2.23. The van der Waals surface area contributed by atoms with Crippen LogP contribution in [-0.4, -0.2) is 20.5 Å². The maximum absolute atomic E-state index is 12.8. The summed E-state index contributed by atoms with van der Waals surface area (Å²) in [4.78, 5) is 11.9. The average Bonchev–Trinajstić information content (AvgIpc) is 3.00. The summed E-state index contributed by atoms with van der Waals surface area (Å²) in [5.74, 6) is -0.191. The van der Waals surface area contributed by atoms with Gasteiger partial charge in [-0.3, -0.25) is 9.20 Å². The van der Waals surface area contributed by atoms with Gasteiger partial charge >= 0.3 is 6.18 Å². The lowest BCUT2D eigenvalue weighted by Gasteiger charge is -2.07. The van der Waals surface area contributed by atoms with Crippen LogP contribution in [0.3, 0.4) is 0 Å². The van der Waals surface area contributed by atoms with Crippen molar-refractivity contribution in [3.05, 3.63) is 70.1 Å². The van der Waals surface area contributed by atoms with E-state index in [1.807, 2.05) is 24.3 Å². The van der Waals surface area contributed by atoms with E-state index >= 15 is 0 Å². The molecule has 0 aliphatic carbocycles. The predicted molar refractivity (Wildman–Crippen MR) is 93.0 cm³/mol. The van der Waals surface area contributed by atoms with Crippen molar-refractivity contribution in [2.75, 3.05) is 0 Å². The SMILES string of the molecule is O=C(/C=C/c1cccc(Br)c1)NCc1nnc2ccc(C(F)(F)F)cn12. The van der Waals surface area contributed by atoms with Gasteiger partial charge in [-0.25, -0.2) is 0 Å². The summed E-state index contributed by atoms with van der Waals surface area (Å²) in [5.41, 5.74) is 0.288. The average molecular weight is 425 g/mol. The van der Waals surface area contributed by atoms with E-state index in [9.17, 15) is 18.0 Å². The molecular formula is C17H12BrF3N4O. The number of hydrogen-bond acceptors (Lipinski definition) is 3. The van der Waals surface area contributed by atoms with Gasteiger partial charge in [0.25, 0.3) is 0 Å². The minimum absolute atomic E-state index is 0.0515. The largest absolute Gasteiger partial charge is 0.417 e. The van der Waals surface area contributed by atoms with Crippen LogP contribution in [-0.2, 0) is 17.5 Å². The van der Waals surface area contributed by atoms with Gasteiger partial charge in [-0.1, -0.05) is 28.1 Å². The lowest BCUT2D eigenvalue weighted by atomic mass is 10.2. The van der Waals surface area contributed by atoms with E-state index < -0.39 is 17.6 Å². The molecule has 1 N–H and O–H groups in total. The minimum Gasteiger partial charge on any atom is -0.345 e. The molecule has 0 aliphatic rings. The molecule has 1 aromatic carbocycles. The van der Waals surface area contributed by atoms with E-state index in [4.69, 9.17) is 0 Å². The van der Waals surface area contributed by atoms with E-state index in [-0.39, 0.29) is 18.0 Å². The number of pyridine rings is 1. The van der Waals surface area contributed by atoms with Gasteiger partial charge in [-0.15, -0.1) is 10.2 Å². The normalized spacial score (nSPS) is 12.0. The molecule has 5 nitrogen and oxygen atoms in total. The topological polar surface area (TPSA) is 59.3 Å². The lowest BCUT2D eigenvalue weighted by Crippen LogP contribution is -2.21. The Labute approximate surface area is 154 Å². The Hall–Kier alpha value is -2.68. The molecule has 1 amide bonds. The van der Waals surface area contributed by atoms with E-state index in [2.05, 4.69) is 31.4 Å². The van der Waals surface area contributed by atoms with Gasteiger partial charge < -0.3 is 5.32 Å². The number of benzene rings is 1. The monoisotopic (exact) mass is 424 g/mol. The lowest BCUT2D eigenvalue weighted by molar-refractivity contribution is -0.137. The van der Waals surface area contributed by atoms with Gasteiger partial charge in [0.2, 0.25) is 5.91 Å². The van der Waals surface area contributed by atoms with Crippen LogP contribution in [0.15, 0.2) is 53.1 Å². The van der Waals surface area contributed by atoms with Crippen molar-refractivity contribution < 1.29 is 18.0 Å². The second-order valence-corrected chi connectivity index (χ2v) is 6.28. The first-order chi connectivity index (χ1) is 12.3. The number of carbonyl (C=O) groups is 1. The third kappa shape index (κ3) is 4.29. The number of aromatic nitrogens is 3. The molecule has 0 fully saturated rings. The molecular weight excluding hydrogens is 413 g/mol. The number of nitrogens with zero attached hydrogens (tertiary/aromatic N) is 3. The predicted octanol–water partition coefficient (Wildman–Crippen LogP) is 3.84. The molecule has 2 aromatic heterocycles. The van der Waals surface area contributed by atoms with Crippen LogP contribution in [0.5, 0.6) is 0 Å². The van der Waals surface area contributed by atoms with Crippen molar-refractivity contribution in [2.24, 2.45) is 0 Å². The Morgan fingerprint density at radius 1 is 1.23 bits per heavy atom. The highest BCUT2D eigenvalue weighted by Crippen LogP contribution is 2.29. The summed E-state index contributed by atoms with van der Waals surface area (Å²) < 4.78 is 40.6. The van der Waals surface area contributed by atoms with Crippen LogP contribution in [0, 0.1) is 0 Å². The number of halogens is 4. The highest BCUT2D eigenvalue weighted by molar-refractivity contribution is 9.10. The van der Waals surface area contributed by atoms with Gasteiger partial charge in [-0.05, 0) is 35.9 Å². The van der Waals surface area contributed by atoms with Crippen molar-refractivity contribution in [3.8, 4) is 0 Å². The van der Waals surface area contributed by atoms with E-state index in [0.29, 0.717) is 0 Å². The Morgan fingerprint density at radius 3 is 2.77 bits per heavy atom. The van der Waals surface area contributed by atoms with Crippen LogP contribution in [0.25, 0.3) is 11.7 Å². The Morgan fingerprint density at radius 2 is 2.04 bits per heavy atom. The number of nitrogens with one attached hydrogen (secondary N) is 1. The van der Waals surface area contributed by atoms with E-state index in [1.54, 1.807) is 6.08 Å². The summed E-state index contributed by atoms with van der Waals surface area (Å²) in [5, 5.41) is 10.2. The van der Waals surface area contributed by atoms with Gasteiger partial charge in [-0.2, -0.15) is 13.2 Å². The van der Waals surface area contributed by atoms with Crippen molar-refractivity contribution in [1.29, 1.82) is 0 Å². The second kappa shape index (κ2) is 7.28. The van der Waals surface area contributed by atoms with Gasteiger partial charge in [0.15, 0.2) is 11.5 Å². The molecule has 0 saturated heterocycles. The zero-order chi connectivity index (χ0) is 18.7. The Kier molecular flexibility index (Phi) is 5.08. The number of fused-ring (bicyclic) bond motifs is 1. The summed E-state index contributed by atoms with van der Waals surface area (Å²) in [6.07, 6.45) is -0.588. The van der Waals surface area contributed by atoms with E-state index in [0.717, 1.165) is 22.3 Å².